The Labute approximate surface area is 141 Å². The number of carbonyl (C=O) groups is 3. The molecule has 1 unspecified atom stereocenters. The third-order valence-electron chi connectivity index (χ3n) is 3.73. The fourth-order valence-corrected chi connectivity index (χ4v) is 2.55. The first-order valence-corrected chi connectivity index (χ1v) is 7.32. The Morgan fingerprint density at radius 1 is 1.22 bits per heavy atom. The van der Waals surface area contributed by atoms with E-state index in [9.17, 15) is 14.4 Å². The molecule has 6 nitrogen and oxygen atoms in total. The second-order valence-electron chi connectivity index (χ2n) is 5.97. The number of benzene rings is 1. The van der Waals surface area contributed by atoms with Crippen LogP contribution in [0.5, 0.6) is 0 Å². The summed E-state index contributed by atoms with van der Waals surface area (Å²) in [4.78, 5) is 37.1. The van der Waals surface area contributed by atoms with E-state index < -0.39 is 0 Å². The molecule has 7 heteroatoms. The van der Waals surface area contributed by atoms with Crippen molar-refractivity contribution in [3.05, 3.63) is 34.9 Å². The lowest BCUT2D eigenvalue weighted by Crippen LogP contribution is -2.41. The van der Waals surface area contributed by atoms with E-state index in [4.69, 9.17) is 5.73 Å². The van der Waals surface area contributed by atoms with Gasteiger partial charge in [-0.25, -0.2) is 0 Å². The molecule has 0 fully saturated rings. The van der Waals surface area contributed by atoms with Gasteiger partial charge < -0.3 is 11.1 Å². The van der Waals surface area contributed by atoms with Crippen LogP contribution in [0.15, 0.2) is 18.2 Å². The minimum atomic E-state index is -0.382. The lowest BCUT2D eigenvalue weighted by Gasteiger charge is -2.18. The summed E-state index contributed by atoms with van der Waals surface area (Å²) in [5.74, 6) is -0.589. The zero-order valence-corrected chi connectivity index (χ0v) is 14.3. The van der Waals surface area contributed by atoms with Crippen LogP contribution in [0.25, 0.3) is 0 Å². The van der Waals surface area contributed by atoms with Crippen LogP contribution in [0.3, 0.4) is 0 Å². The van der Waals surface area contributed by atoms with E-state index in [-0.39, 0.29) is 41.7 Å². The minimum Gasteiger partial charge on any atom is -0.348 e. The molecule has 1 aliphatic heterocycles. The molecular formula is C16H22ClN3O3. The number of hydrogen-bond acceptors (Lipinski definition) is 4. The van der Waals surface area contributed by atoms with Crippen molar-refractivity contribution >= 4 is 30.1 Å². The molecule has 1 aromatic carbocycles. The van der Waals surface area contributed by atoms with Crippen LogP contribution in [-0.4, -0.2) is 42.3 Å². The Kier molecular flexibility index (Phi) is 6.29. The third-order valence-corrected chi connectivity index (χ3v) is 3.73. The van der Waals surface area contributed by atoms with Gasteiger partial charge in [0.1, 0.15) is 0 Å². The van der Waals surface area contributed by atoms with Gasteiger partial charge in [0.25, 0.3) is 17.7 Å². The monoisotopic (exact) mass is 339 g/mol. The van der Waals surface area contributed by atoms with Crippen molar-refractivity contribution in [3.8, 4) is 0 Å². The first kappa shape index (κ1) is 19.1. The van der Waals surface area contributed by atoms with Crippen LogP contribution in [0.2, 0.25) is 0 Å². The van der Waals surface area contributed by atoms with Gasteiger partial charge in [0, 0.05) is 25.2 Å². The number of carbonyl (C=O) groups excluding carboxylic acids is 3. The Morgan fingerprint density at radius 2 is 1.83 bits per heavy atom. The Hall–Kier alpha value is -1.92. The molecule has 126 valence electrons. The lowest BCUT2D eigenvalue weighted by atomic mass is 10.0. The number of nitrogens with one attached hydrogen (secondary N) is 1. The number of hydrogen-bond donors (Lipinski definition) is 2. The Morgan fingerprint density at radius 3 is 2.39 bits per heavy atom. The highest BCUT2D eigenvalue weighted by Gasteiger charge is 2.33. The van der Waals surface area contributed by atoms with Crippen molar-refractivity contribution in [1.29, 1.82) is 0 Å². The van der Waals surface area contributed by atoms with Gasteiger partial charge in [-0.1, -0.05) is 13.8 Å². The molecule has 0 radical (unpaired) electrons. The smallest absolute Gasteiger partial charge is 0.261 e. The maximum absolute atomic E-state index is 12.3. The molecule has 0 spiro atoms. The van der Waals surface area contributed by atoms with Gasteiger partial charge in [0.2, 0.25) is 0 Å². The van der Waals surface area contributed by atoms with Gasteiger partial charge >= 0.3 is 0 Å². The van der Waals surface area contributed by atoms with E-state index in [2.05, 4.69) is 19.2 Å². The van der Waals surface area contributed by atoms with E-state index in [0.717, 1.165) is 11.3 Å². The summed E-state index contributed by atoms with van der Waals surface area (Å²) >= 11 is 0. The molecule has 0 aromatic heterocycles. The Balaban J connectivity index is 0.00000264. The molecule has 2 rings (SSSR count). The van der Waals surface area contributed by atoms with Crippen molar-refractivity contribution in [3.63, 3.8) is 0 Å². The highest BCUT2D eigenvalue weighted by atomic mass is 35.5. The average Bonchev–Trinajstić information content (AvgIpc) is 2.70. The first-order valence-electron chi connectivity index (χ1n) is 7.32. The highest BCUT2D eigenvalue weighted by molar-refractivity contribution is 6.21. The molecule has 0 aliphatic carbocycles. The summed E-state index contributed by atoms with van der Waals surface area (Å²) in [6, 6.07) is 4.44. The van der Waals surface area contributed by atoms with Crippen molar-refractivity contribution in [2.24, 2.45) is 11.7 Å². The second-order valence-corrected chi connectivity index (χ2v) is 5.97. The summed E-state index contributed by atoms with van der Waals surface area (Å²) in [5.41, 5.74) is 6.64. The van der Waals surface area contributed by atoms with Crippen LogP contribution in [0, 0.1) is 5.92 Å². The highest BCUT2D eigenvalue weighted by Crippen LogP contribution is 2.22. The lowest BCUT2D eigenvalue weighted by molar-refractivity contribution is 0.0693. The molecule has 0 bridgehead atoms. The van der Waals surface area contributed by atoms with Crippen LogP contribution in [0.1, 0.15) is 51.3 Å². The van der Waals surface area contributed by atoms with Crippen molar-refractivity contribution < 1.29 is 14.4 Å². The molecule has 23 heavy (non-hydrogen) atoms. The maximum atomic E-state index is 12.3. The van der Waals surface area contributed by atoms with E-state index in [1.807, 2.05) is 0 Å². The van der Waals surface area contributed by atoms with Crippen LogP contribution >= 0.6 is 12.4 Å². The summed E-state index contributed by atoms with van der Waals surface area (Å²) in [6.07, 6.45) is 0.785. The van der Waals surface area contributed by atoms with Crippen LogP contribution in [-0.2, 0) is 0 Å². The normalized spacial score (nSPS) is 14.6. The molecule has 3 N–H and O–H groups in total. The molecule has 1 heterocycles. The third kappa shape index (κ3) is 3.89. The maximum Gasteiger partial charge on any atom is 0.261 e. The summed E-state index contributed by atoms with van der Waals surface area (Å²) in [5, 5.41) is 2.87. The summed E-state index contributed by atoms with van der Waals surface area (Å²) in [7, 11) is 1.43. The zero-order chi connectivity index (χ0) is 16.4. The number of nitrogens with zero attached hydrogens (tertiary/aromatic N) is 1. The Bertz CT molecular complexity index is 631. The number of nitrogens with two attached hydrogens (primary N) is 1. The molecule has 1 aliphatic rings. The van der Waals surface area contributed by atoms with E-state index >= 15 is 0 Å². The van der Waals surface area contributed by atoms with Gasteiger partial charge in [-0.05, 0) is 30.5 Å². The zero-order valence-electron chi connectivity index (χ0n) is 13.5. The van der Waals surface area contributed by atoms with Crippen molar-refractivity contribution in [2.45, 2.75) is 26.3 Å². The molecular weight excluding hydrogens is 318 g/mol. The van der Waals surface area contributed by atoms with Gasteiger partial charge in [-0.15, -0.1) is 12.4 Å². The number of halogens is 1. The van der Waals surface area contributed by atoms with Gasteiger partial charge in [-0.2, -0.15) is 0 Å². The van der Waals surface area contributed by atoms with Gasteiger partial charge in [-0.3, -0.25) is 19.3 Å². The average molecular weight is 340 g/mol. The van der Waals surface area contributed by atoms with Gasteiger partial charge in [0.15, 0.2) is 0 Å². The minimum absolute atomic E-state index is 0. The molecule has 3 amide bonds. The van der Waals surface area contributed by atoms with E-state index in [0.29, 0.717) is 23.6 Å². The molecule has 0 saturated carbocycles. The standard InChI is InChI=1S/C16H21N3O3.ClH/c1-9(2)6-11(8-17)18-14(20)10-4-5-12-13(7-10)16(22)19(3)15(12)21;/h4-5,7,9,11H,6,8,17H2,1-3H3,(H,18,20);1H. The molecule has 1 aromatic rings. The number of imide groups is 1. The van der Waals surface area contributed by atoms with Gasteiger partial charge in [0.05, 0.1) is 11.1 Å². The number of fused-ring (bicyclic) bond motifs is 1. The first-order chi connectivity index (χ1) is 10.3. The molecule has 0 saturated heterocycles. The largest absolute Gasteiger partial charge is 0.348 e. The SMILES string of the molecule is CC(C)CC(CN)NC(=O)c1ccc2c(c1)C(=O)N(C)C2=O.Cl. The second kappa shape index (κ2) is 7.57. The van der Waals surface area contributed by atoms with Crippen molar-refractivity contribution in [2.75, 3.05) is 13.6 Å². The van der Waals surface area contributed by atoms with E-state index in [1.165, 1.54) is 19.2 Å². The quantitative estimate of drug-likeness (QED) is 0.794. The van der Waals surface area contributed by atoms with Crippen LogP contribution in [0.4, 0.5) is 0 Å². The number of rotatable bonds is 5. The van der Waals surface area contributed by atoms with Crippen molar-refractivity contribution in [1.82, 2.24) is 10.2 Å². The topological polar surface area (TPSA) is 92.5 Å². The summed E-state index contributed by atoms with van der Waals surface area (Å²) in [6.45, 7) is 4.48. The van der Waals surface area contributed by atoms with Crippen LogP contribution < -0.4 is 11.1 Å². The molecule has 1 atom stereocenters. The fraction of sp³-hybridized carbons (Fsp3) is 0.438. The number of amides is 3. The summed E-state index contributed by atoms with van der Waals surface area (Å²) < 4.78 is 0. The fourth-order valence-electron chi connectivity index (χ4n) is 2.55. The predicted molar refractivity (Wildman–Crippen MR) is 89.9 cm³/mol. The predicted octanol–water partition coefficient (Wildman–Crippen LogP) is 1.44. The van der Waals surface area contributed by atoms with E-state index in [1.54, 1.807) is 6.07 Å².